The van der Waals surface area contributed by atoms with Crippen LogP contribution in [0, 0.1) is 0 Å². The monoisotopic (exact) mass is 366 g/mol. The highest BCUT2D eigenvalue weighted by Gasteiger charge is 2.46. The molecule has 0 radical (unpaired) electrons. The number of hydrogen-bond acceptors (Lipinski definition) is 3. The lowest BCUT2D eigenvalue weighted by Gasteiger charge is -2.06. The van der Waals surface area contributed by atoms with Crippen LogP contribution in [0.1, 0.15) is 32.5 Å². The van der Waals surface area contributed by atoms with Gasteiger partial charge >= 0.3 is 12.0 Å². The molecule has 0 N–H and O–H groups in total. The Hall–Kier alpha value is -1.61. The summed E-state index contributed by atoms with van der Waals surface area (Å²) in [6.45, 7) is 4.44. The molecule has 0 saturated heterocycles. The van der Waals surface area contributed by atoms with E-state index in [0.29, 0.717) is 30.4 Å². The summed E-state index contributed by atoms with van der Waals surface area (Å²) in [6, 6.07) is 7.06. The van der Waals surface area contributed by atoms with Gasteiger partial charge in [0, 0.05) is 6.26 Å². The van der Waals surface area contributed by atoms with Gasteiger partial charge in [-0.25, -0.2) is 17.6 Å². The normalized spacial score (nSPS) is 12.1. The van der Waals surface area contributed by atoms with Crippen LogP contribution in [0.15, 0.2) is 24.3 Å². The number of benzene rings is 1. The Balaban J connectivity index is 0.000000505. The standard InChI is InChI=1S/C14H18F3N2.CH4O3S/c1-3-5-10-19-12-9-7-6-8-11(12)18(4-2)13(19)14(15,16)17;1-5(2,3)4/h6-9H,3-5,10H2,1-2H3;1H3,(H,2,3,4)/q+1;/p-1. The third-order valence-electron chi connectivity index (χ3n) is 3.28. The van der Waals surface area contributed by atoms with Gasteiger partial charge in [0.2, 0.25) is 0 Å². The third kappa shape index (κ3) is 5.48. The molecule has 9 heteroatoms. The van der Waals surface area contributed by atoms with E-state index in [1.54, 1.807) is 31.2 Å². The van der Waals surface area contributed by atoms with Gasteiger partial charge < -0.3 is 4.55 Å². The largest absolute Gasteiger partial charge is 0.748 e. The lowest BCUT2D eigenvalue weighted by Crippen LogP contribution is -2.42. The van der Waals surface area contributed by atoms with Crippen LogP contribution in [0.25, 0.3) is 11.0 Å². The first-order chi connectivity index (χ1) is 11.0. The van der Waals surface area contributed by atoms with Crippen LogP contribution in [0.2, 0.25) is 0 Å². The van der Waals surface area contributed by atoms with Crippen LogP contribution >= 0.6 is 0 Å². The molecule has 0 spiro atoms. The van der Waals surface area contributed by atoms with Crippen molar-refractivity contribution < 1.29 is 30.7 Å². The van der Waals surface area contributed by atoms with Gasteiger partial charge in [-0.2, -0.15) is 13.2 Å². The molecular formula is C15H21F3N2O3S. The molecule has 1 heterocycles. The zero-order chi connectivity index (χ0) is 18.5. The Labute approximate surface area is 139 Å². The summed E-state index contributed by atoms with van der Waals surface area (Å²) in [5, 5.41) is 0. The average Bonchev–Trinajstić information content (AvgIpc) is 2.77. The molecule has 0 atom stereocenters. The summed E-state index contributed by atoms with van der Waals surface area (Å²) in [7, 11) is -3.92. The van der Waals surface area contributed by atoms with Crippen LogP contribution in [0.3, 0.4) is 0 Å². The van der Waals surface area contributed by atoms with E-state index in [0.717, 1.165) is 12.8 Å². The van der Waals surface area contributed by atoms with Crippen molar-refractivity contribution >= 4 is 21.2 Å². The fourth-order valence-electron chi connectivity index (χ4n) is 2.46. The summed E-state index contributed by atoms with van der Waals surface area (Å²) in [5.74, 6) is -0.551. The molecule has 1 aromatic carbocycles. The number of nitrogens with zero attached hydrogens (tertiary/aromatic N) is 2. The summed E-state index contributed by atoms with van der Waals surface area (Å²) < 4.78 is 69.9. The number of aromatic nitrogens is 2. The molecule has 0 amide bonds. The van der Waals surface area contributed by atoms with E-state index in [9.17, 15) is 13.2 Å². The van der Waals surface area contributed by atoms with Gasteiger partial charge in [0.05, 0.1) is 23.2 Å². The molecule has 0 aliphatic carbocycles. The second-order valence-corrected chi connectivity index (χ2v) is 6.67. The number of imidazole rings is 1. The van der Waals surface area contributed by atoms with E-state index in [4.69, 9.17) is 13.0 Å². The first-order valence-electron chi connectivity index (χ1n) is 7.49. The third-order valence-corrected chi connectivity index (χ3v) is 3.28. The quantitative estimate of drug-likeness (QED) is 0.617. The number of halogens is 3. The minimum Gasteiger partial charge on any atom is -0.748 e. The number of fused-ring (bicyclic) bond motifs is 1. The molecule has 2 rings (SSSR count). The number of unbranched alkanes of at least 4 members (excludes halogenated alkanes) is 1. The second-order valence-electron chi connectivity index (χ2n) is 5.26. The zero-order valence-corrected chi connectivity index (χ0v) is 14.6. The Morgan fingerprint density at radius 3 is 2.21 bits per heavy atom. The summed E-state index contributed by atoms with van der Waals surface area (Å²) in [4.78, 5) is 0. The van der Waals surface area contributed by atoms with Crippen molar-refractivity contribution in [1.82, 2.24) is 4.57 Å². The van der Waals surface area contributed by atoms with E-state index in [1.165, 1.54) is 9.13 Å². The maximum absolute atomic E-state index is 13.3. The smallest absolute Gasteiger partial charge is 0.495 e. The van der Waals surface area contributed by atoms with Crippen molar-refractivity contribution in [2.24, 2.45) is 0 Å². The van der Waals surface area contributed by atoms with Gasteiger partial charge in [-0.3, -0.25) is 0 Å². The van der Waals surface area contributed by atoms with Crippen molar-refractivity contribution in [3.8, 4) is 0 Å². The van der Waals surface area contributed by atoms with Crippen molar-refractivity contribution in [3.63, 3.8) is 0 Å². The molecule has 0 unspecified atom stereocenters. The number of para-hydroxylation sites is 2. The van der Waals surface area contributed by atoms with Gasteiger partial charge in [-0.15, -0.1) is 0 Å². The fraction of sp³-hybridized carbons (Fsp3) is 0.533. The first-order valence-corrected chi connectivity index (χ1v) is 9.31. The molecule has 0 bridgehead atoms. The number of hydrogen-bond donors (Lipinski definition) is 0. The fourth-order valence-corrected chi connectivity index (χ4v) is 2.46. The van der Waals surface area contributed by atoms with Crippen LogP contribution in [-0.2, 0) is 29.4 Å². The summed E-state index contributed by atoms with van der Waals surface area (Å²) in [6.07, 6.45) is -2.11. The molecule has 2 aromatic rings. The van der Waals surface area contributed by atoms with Crippen molar-refractivity contribution in [1.29, 1.82) is 0 Å². The van der Waals surface area contributed by atoms with E-state index in [1.807, 2.05) is 6.92 Å². The maximum Gasteiger partial charge on any atom is 0.495 e. The van der Waals surface area contributed by atoms with E-state index in [-0.39, 0.29) is 0 Å². The van der Waals surface area contributed by atoms with E-state index < -0.39 is 22.1 Å². The predicted octanol–water partition coefficient (Wildman–Crippen LogP) is 2.93. The Bertz CT molecular complexity index is 775. The van der Waals surface area contributed by atoms with Crippen molar-refractivity contribution in [2.45, 2.75) is 46.0 Å². The predicted molar refractivity (Wildman–Crippen MR) is 83.3 cm³/mol. The van der Waals surface area contributed by atoms with E-state index in [2.05, 4.69) is 0 Å². The second kappa shape index (κ2) is 7.98. The zero-order valence-electron chi connectivity index (χ0n) is 13.8. The number of aryl methyl sites for hydroxylation is 2. The number of rotatable bonds is 4. The Morgan fingerprint density at radius 2 is 1.75 bits per heavy atom. The first kappa shape index (κ1) is 20.4. The highest BCUT2D eigenvalue weighted by atomic mass is 32.2. The van der Waals surface area contributed by atoms with Crippen molar-refractivity contribution in [3.05, 3.63) is 30.1 Å². The molecule has 0 aliphatic heterocycles. The van der Waals surface area contributed by atoms with Gasteiger partial charge in [-0.05, 0) is 25.5 Å². The van der Waals surface area contributed by atoms with Crippen molar-refractivity contribution in [2.75, 3.05) is 6.26 Å². The minimum atomic E-state index is -4.33. The van der Waals surface area contributed by atoms with Crippen LogP contribution in [0.4, 0.5) is 13.2 Å². The molecule has 0 aliphatic rings. The Kier molecular flexibility index (Phi) is 6.79. The van der Waals surface area contributed by atoms with Gasteiger partial charge in [0.25, 0.3) is 0 Å². The maximum atomic E-state index is 13.3. The molecule has 1 aromatic heterocycles. The molecule has 0 saturated carbocycles. The van der Waals surface area contributed by atoms with E-state index >= 15 is 0 Å². The lowest BCUT2D eigenvalue weighted by atomic mass is 10.3. The SMILES string of the molecule is CCCC[n+]1c(C(F)(F)F)n(CC)c2ccccc21.CS(=O)(=O)[O-]. The van der Waals surface area contributed by atoms with Crippen LogP contribution in [-0.4, -0.2) is 23.8 Å². The number of alkyl halides is 3. The molecule has 24 heavy (non-hydrogen) atoms. The summed E-state index contributed by atoms with van der Waals surface area (Å²) >= 11 is 0. The average molecular weight is 366 g/mol. The highest BCUT2D eigenvalue weighted by molar-refractivity contribution is 7.84. The molecule has 5 nitrogen and oxygen atoms in total. The van der Waals surface area contributed by atoms with Gasteiger partial charge in [-0.1, -0.05) is 25.5 Å². The highest BCUT2D eigenvalue weighted by Crippen LogP contribution is 2.30. The van der Waals surface area contributed by atoms with Gasteiger partial charge in [0.15, 0.2) is 11.0 Å². The van der Waals surface area contributed by atoms with Crippen LogP contribution in [0.5, 0.6) is 0 Å². The van der Waals surface area contributed by atoms with Gasteiger partial charge in [0.1, 0.15) is 0 Å². The minimum absolute atomic E-state index is 0.314. The molecular weight excluding hydrogens is 345 g/mol. The lowest BCUT2D eigenvalue weighted by molar-refractivity contribution is -0.692. The summed E-state index contributed by atoms with van der Waals surface area (Å²) in [5.41, 5.74) is 1.30. The van der Waals surface area contributed by atoms with Crippen LogP contribution < -0.4 is 4.57 Å². The Morgan fingerprint density at radius 1 is 1.21 bits per heavy atom. The molecule has 0 fully saturated rings. The molecule has 136 valence electrons. The topological polar surface area (TPSA) is 66.0 Å².